The monoisotopic (exact) mass is 408 g/mol. The number of rotatable bonds is 3. The second-order valence-electron chi connectivity index (χ2n) is 6.86. The van der Waals surface area contributed by atoms with Gasteiger partial charge >= 0.3 is 5.97 Å². The third-order valence-corrected chi connectivity index (χ3v) is 5.32. The van der Waals surface area contributed by atoms with E-state index >= 15 is 0 Å². The van der Waals surface area contributed by atoms with Gasteiger partial charge in [-0.25, -0.2) is 4.79 Å². The van der Waals surface area contributed by atoms with Crippen LogP contribution in [0.25, 0.3) is 10.8 Å². The summed E-state index contributed by atoms with van der Waals surface area (Å²) in [5.74, 6) is -3.31. The molecule has 3 aromatic rings. The third kappa shape index (κ3) is 2.43. The Morgan fingerprint density at radius 1 is 0.900 bits per heavy atom. The van der Waals surface area contributed by atoms with Crippen molar-refractivity contribution in [2.24, 2.45) is 0 Å². The molecule has 8 nitrogen and oxygen atoms in total. The van der Waals surface area contributed by atoms with E-state index in [-0.39, 0.29) is 50.3 Å². The Labute approximate surface area is 169 Å². The summed E-state index contributed by atoms with van der Waals surface area (Å²) >= 11 is 0. The van der Waals surface area contributed by atoms with E-state index in [0.717, 1.165) is 0 Å². The highest BCUT2D eigenvalue weighted by Crippen LogP contribution is 2.44. The Bertz CT molecular complexity index is 1300. The number of hydrogen-bond acceptors (Lipinski definition) is 7. The van der Waals surface area contributed by atoms with Crippen molar-refractivity contribution in [2.45, 2.75) is 6.92 Å². The largest absolute Gasteiger partial charge is 0.507 e. The number of benzene rings is 3. The molecule has 0 unspecified atom stereocenters. The Hall–Kier alpha value is -4.07. The van der Waals surface area contributed by atoms with Crippen LogP contribution in [-0.2, 0) is 0 Å². The van der Waals surface area contributed by atoms with Gasteiger partial charge in [0.1, 0.15) is 28.6 Å². The highest BCUT2D eigenvalue weighted by atomic mass is 16.5. The van der Waals surface area contributed by atoms with Gasteiger partial charge in [-0.1, -0.05) is 0 Å². The second-order valence-corrected chi connectivity index (χ2v) is 6.86. The number of aryl methyl sites for hydroxylation is 1. The Kier molecular flexibility index (Phi) is 4.16. The van der Waals surface area contributed by atoms with Crippen molar-refractivity contribution in [3.63, 3.8) is 0 Å². The van der Waals surface area contributed by atoms with Crippen LogP contribution in [0.1, 0.15) is 47.8 Å². The van der Waals surface area contributed by atoms with Gasteiger partial charge in [0.2, 0.25) is 5.78 Å². The maximum Gasteiger partial charge on any atom is 0.339 e. The molecule has 0 saturated carbocycles. The number of hydrogen-bond donors (Lipinski definition) is 3. The van der Waals surface area contributed by atoms with E-state index in [1.807, 2.05) is 0 Å². The highest BCUT2D eigenvalue weighted by Gasteiger charge is 2.36. The summed E-state index contributed by atoms with van der Waals surface area (Å²) in [5, 5.41) is 31.2. The molecule has 0 heterocycles. The van der Waals surface area contributed by atoms with Crippen LogP contribution in [0, 0.1) is 6.92 Å². The molecule has 0 saturated heterocycles. The zero-order chi connectivity index (χ0) is 21.9. The number of aromatic hydroxyl groups is 2. The summed E-state index contributed by atoms with van der Waals surface area (Å²) in [5.41, 5.74) is -0.619. The summed E-state index contributed by atoms with van der Waals surface area (Å²) in [6.45, 7) is 1.48. The van der Waals surface area contributed by atoms with Gasteiger partial charge in [0, 0.05) is 22.6 Å². The first-order valence-corrected chi connectivity index (χ1v) is 8.82. The molecule has 0 atom stereocenters. The zero-order valence-corrected chi connectivity index (χ0v) is 16.2. The molecule has 30 heavy (non-hydrogen) atoms. The number of phenolic OH excluding ortho intramolecular Hbond substituents is 2. The molecule has 0 aliphatic heterocycles. The summed E-state index contributed by atoms with van der Waals surface area (Å²) in [6, 6.07) is 5.35. The van der Waals surface area contributed by atoms with E-state index in [1.54, 1.807) is 0 Å². The van der Waals surface area contributed by atoms with Crippen molar-refractivity contribution >= 4 is 28.3 Å². The first kappa shape index (κ1) is 19.3. The van der Waals surface area contributed by atoms with Gasteiger partial charge < -0.3 is 24.8 Å². The molecular weight excluding hydrogens is 392 g/mol. The van der Waals surface area contributed by atoms with Crippen LogP contribution in [0.2, 0.25) is 0 Å². The SMILES string of the molecule is COc1cc(O)c2c(c1)C(=O)c1cc3cc(OC)c(C(=O)O)c(C)c3c(O)c1C2=O. The number of carbonyl (C=O) groups is 3. The molecule has 8 heteroatoms. The van der Waals surface area contributed by atoms with Gasteiger partial charge in [-0.3, -0.25) is 9.59 Å². The Balaban J connectivity index is 2.11. The molecule has 152 valence electrons. The normalized spacial score (nSPS) is 12.5. The minimum absolute atomic E-state index is 0.0473. The van der Waals surface area contributed by atoms with Crippen LogP contribution >= 0.6 is 0 Å². The fourth-order valence-electron chi connectivity index (χ4n) is 3.96. The zero-order valence-electron chi connectivity index (χ0n) is 16.2. The van der Waals surface area contributed by atoms with Gasteiger partial charge in [0.05, 0.1) is 25.3 Å². The maximum atomic E-state index is 13.1. The van der Waals surface area contributed by atoms with Gasteiger partial charge in [-0.2, -0.15) is 0 Å². The number of carboxylic acids is 1. The van der Waals surface area contributed by atoms with Gasteiger partial charge in [-0.15, -0.1) is 0 Å². The number of carbonyl (C=O) groups excluding carboxylic acids is 2. The van der Waals surface area contributed by atoms with Crippen LogP contribution in [0.5, 0.6) is 23.0 Å². The first-order chi connectivity index (χ1) is 14.2. The highest BCUT2D eigenvalue weighted by molar-refractivity contribution is 6.32. The molecule has 0 radical (unpaired) electrons. The summed E-state index contributed by atoms with van der Waals surface area (Å²) in [6.07, 6.45) is 0. The fourth-order valence-corrected chi connectivity index (χ4v) is 3.96. The number of carboxylic acid groups (broad SMARTS) is 1. The van der Waals surface area contributed by atoms with E-state index in [4.69, 9.17) is 9.47 Å². The predicted molar refractivity (Wildman–Crippen MR) is 105 cm³/mol. The van der Waals surface area contributed by atoms with Crippen molar-refractivity contribution in [2.75, 3.05) is 14.2 Å². The van der Waals surface area contributed by atoms with Crippen molar-refractivity contribution in [1.82, 2.24) is 0 Å². The predicted octanol–water partition coefficient (Wildman–Crippen LogP) is 3.05. The maximum absolute atomic E-state index is 13.1. The van der Waals surface area contributed by atoms with Crippen molar-refractivity contribution in [1.29, 1.82) is 0 Å². The number of ketones is 2. The quantitative estimate of drug-likeness (QED) is 0.472. The van der Waals surface area contributed by atoms with E-state index < -0.39 is 29.0 Å². The number of aromatic carboxylic acids is 1. The lowest BCUT2D eigenvalue weighted by Gasteiger charge is -2.22. The summed E-state index contributed by atoms with van der Waals surface area (Å²) < 4.78 is 10.2. The molecule has 4 rings (SSSR count). The van der Waals surface area contributed by atoms with E-state index in [1.165, 1.54) is 45.4 Å². The summed E-state index contributed by atoms with van der Waals surface area (Å²) in [7, 11) is 2.67. The lowest BCUT2D eigenvalue weighted by molar-refractivity contribution is 0.0692. The molecule has 0 amide bonds. The van der Waals surface area contributed by atoms with E-state index in [9.17, 15) is 29.7 Å². The van der Waals surface area contributed by atoms with Gasteiger partial charge in [0.15, 0.2) is 5.78 Å². The van der Waals surface area contributed by atoms with E-state index in [2.05, 4.69) is 0 Å². The third-order valence-electron chi connectivity index (χ3n) is 5.32. The standard InChI is InChI=1S/C22H16O8/c1-8-15-9(5-14(30-3)16(8)22(27)28)4-11-18(20(15)25)21(26)17-12(19(11)24)6-10(29-2)7-13(17)23/h4-7,23,25H,1-3H3,(H,27,28). The Morgan fingerprint density at radius 3 is 2.17 bits per heavy atom. The average molecular weight is 408 g/mol. The smallest absolute Gasteiger partial charge is 0.339 e. The topological polar surface area (TPSA) is 130 Å². The van der Waals surface area contributed by atoms with Crippen molar-refractivity contribution < 1.29 is 39.2 Å². The molecule has 0 spiro atoms. The lowest BCUT2D eigenvalue weighted by Crippen LogP contribution is -2.21. The number of phenols is 2. The molecule has 3 aromatic carbocycles. The van der Waals surface area contributed by atoms with Crippen molar-refractivity contribution in [3.8, 4) is 23.0 Å². The second kappa shape index (κ2) is 6.48. The number of fused-ring (bicyclic) bond motifs is 3. The van der Waals surface area contributed by atoms with Crippen LogP contribution in [0.3, 0.4) is 0 Å². The number of methoxy groups -OCH3 is 2. The fraction of sp³-hybridized carbons (Fsp3) is 0.136. The van der Waals surface area contributed by atoms with Gasteiger partial charge in [0.25, 0.3) is 0 Å². The van der Waals surface area contributed by atoms with Crippen LogP contribution in [0.15, 0.2) is 24.3 Å². The van der Waals surface area contributed by atoms with Crippen LogP contribution < -0.4 is 9.47 Å². The minimum atomic E-state index is -1.26. The molecule has 0 bridgehead atoms. The van der Waals surface area contributed by atoms with E-state index in [0.29, 0.717) is 5.39 Å². The minimum Gasteiger partial charge on any atom is -0.507 e. The molecule has 3 N–H and O–H groups in total. The molecule has 0 fully saturated rings. The lowest BCUT2D eigenvalue weighted by atomic mass is 9.80. The molecule has 0 aromatic heterocycles. The molecular formula is C22H16O8. The van der Waals surface area contributed by atoms with Crippen molar-refractivity contribution in [3.05, 3.63) is 57.6 Å². The summed E-state index contributed by atoms with van der Waals surface area (Å²) in [4.78, 5) is 38.0. The molecule has 1 aliphatic rings. The Morgan fingerprint density at radius 2 is 1.57 bits per heavy atom. The molecule has 1 aliphatic carbocycles. The average Bonchev–Trinajstić information content (AvgIpc) is 2.70. The van der Waals surface area contributed by atoms with Crippen LogP contribution in [-0.4, -0.2) is 47.1 Å². The van der Waals surface area contributed by atoms with Gasteiger partial charge in [-0.05, 0) is 36.1 Å². The van der Waals surface area contributed by atoms with Crippen LogP contribution in [0.4, 0.5) is 0 Å². The number of ether oxygens (including phenoxy) is 2. The first-order valence-electron chi connectivity index (χ1n) is 8.82.